The van der Waals surface area contributed by atoms with Gasteiger partial charge in [0.1, 0.15) is 6.04 Å². The molecule has 1 aromatic carbocycles. The predicted octanol–water partition coefficient (Wildman–Crippen LogP) is 0.160. The number of likely N-dealkylation sites (tertiary alicyclic amines) is 1. The van der Waals surface area contributed by atoms with Gasteiger partial charge in [0.15, 0.2) is 5.58 Å². The normalized spacial score (nSPS) is 22.8. The molecule has 1 saturated heterocycles. The second-order valence-corrected chi connectivity index (χ2v) is 5.10. The van der Waals surface area contributed by atoms with Crippen LogP contribution in [0.1, 0.15) is 6.42 Å². The van der Waals surface area contributed by atoms with Crippen LogP contribution < -0.4 is 5.76 Å². The van der Waals surface area contributed by atoms with Crippen LogP contribution >= 0.6 is 0 Å². The largest absolute Gasteiger partial charge is 0.468 e. The van der Waals surface area contributed by atoms with Crippen molar-refractivity contribution in [1.82, 2.24) is 9.47 Å². The smallest absolute Gasteiger partial charge is 0.421 e. The fourth-order valence-corrected chi connectivity index (χ4v) is 2.75. The van der Waals surface area contributed by atoms with Gasteiger partial charge in [0.25, 0.3) is 0 Å². The summed E-state index contributed by atoms with van der Waals surface area (Å²) < 4.78 is 11.4. The average Bonchev–Trinajstić information content (AvgIpc) is 2.99. The van der Waals surface area contributed by atoms with Gasteiger partial charge in [-0.1, -0.05) is 12.1 Å². The van der Waals surface area contributed by atoms with Crippen LogP contribution in [0.3, 0.4) is 0 Å². The number of carbonyl (C=O) groups is 1. The van der Waals surface area contributed by atoms with E-state index in [1.54, 1.807) is 23.1 Å². The standard InChI is InChI=1S/C14H16N2O5/c1-20-13(18)11-6-9(17)7-15(11)8-16-10-4-2-3-5-12(10)21-14(16)19/h2-5,9,11,17H,6-8H2,1H3/t9-,11-/m0/s1. The predicted molar refractivity (Wildman–Crippen MR) is 73.6 cm³/mol. The monoisotopic (exact) mass is 292 g/mol. The number of hydrogen-bond acceptors (Lipinski definition) is 6. The quantitative estimate of drug-likeness (QED) is 0.811. The molecule has 112 valence electrons. The lowest BCUT2D eigenvalue weighted by Crippen LogP contribution is -2.39. The molecule has 1 aliphatic heterocycles. The number of benzene rings is 1. The summed E-state index contributed by atoms with van der Waals surface area (Å²) in [4.78, 5) is 25.4. The van der Waals surface area contributed by atoms with Gasteiger partial charge in [-0.25, -0.2) is 4.79 Å². The van der Waals surface area contributed by atoms with Gasteiger partial charge in [-0.2, -0.15) is 0 Å². The summed E-state index contributed by atoms with van der Waals surface area (Å²) in [6, 6.07) is 6.53. The minimum absolute atomic E-state index is 0.173. The molecule has 0 unspecified atom stereocenters. The van der Waals surface area contributed by atoms with Crippen LogP contribution in [0.5, 0.6) is 0 Å². The van der Waals surface area contributed by atoms with Crippen molar-refractivity contribution >= 4 is 17.1 Å². The van der Waals surface area contributed by atoms with Gasteiger partial charge >= 0.3 is 11.7 Å². The second-order valence-electron chi connectivity index (χ2n) is 5.10. The summed E-state index contributed by atoms with van der Waals surface area (Å²) in [5, 5.41) is 9.77. The number of aliphatic hydroxyl groups excluding tert-OH is 1. The van der Waals surface area contributed by atoms with E-state index in [1.807, 2.05) is 6.07 Å². The number of hydrogen-bond donors (Lipinski definition) is 1. The zero-order chi connectivity index (χ0) is 15.0. The maximum absolute atomic E-state index is 11.9. The Morgan fingerprint density at radius 2 is 2.24 bits per heavy atom. The third-order valence-electron chi connectivity index (χ3n) is 3.75. The number of carbonyl (C=O) groups excluding carboxylic acids is 1. The summed E-state index contributed by atoms with van der Waals surface area (Å²) in [5.41, 5.74) is 1.16. The van der Waals surface area contributed by atoms with Crippen molar-refractivity contribution in [3.8, 4) is 0 Å². The van der Waals surface area contributed by atoms with Gasteiger partial charge in [-0.3, -0.25) is 14.3 Å². The third kappa shape index (κ3) is 2.45. The molecule has 2 atom stereocenters. The van der Waals surface area contributed by atoms with Gasteiger partial charge < -0.3 is 14.3 Å². The number of nitrogens with zero attached hydrogens (tertiary/aromatic N) is 2. The minimum Gasteiger partial charge on any atom is -0.468 e. The molecule has 1 N–H and O–H groups in total. The first-order valence-corrected chi connectivity index (χ1v) is 6.68. The van der Waals surface area contributed by atoms with Gasteiger partial charge in [-0.05, 0) is 12.1 Å². The highest BCUT2D eigenvalue weighted by molar-refractivity contribution is 5.76. The van der Waals surface area contributed by atoms with E-state index in [4.69, 9.17) is 9.15 Å². The van der Waals surface area contributed by atoms with E-state index in [9.17, 15) is 14.7 Å². The van der Waals surface area contributed by atoms with Gasteiger partial charge in [0.05, 0.1) is 25.4 Å². The van der Waals surface area contributed by atoms with Crippen LogP contribution in [0.4, 0.5) is 0 Å². The molecule has 1 fully saturated rings. The number of rotatable bonds is 3. The Morgan fingerprint density at radius 3 is 3.00 bits per heavy atom. The van der Waals surface area contributed by atoms with E-state index < -0.39 is 23.9 Å². The van der Waals surface area contributed by atoms with Crippen LogP contribution in [0.15, 0.2) is 33.5 Å². The highest BCUT2D eigenvalue weighted by Crippen LogP contribution is 2.21. The van der Waals surface area contributed by atoms with Crippen LogP contribution in [0, 0.1) is 0 Å². The number of aliphatic hydroxyl groups is 1. The molecule has 7 heteroatoms. The van der Waals surface area contributed by atoms with E-state index in [0.717, 1.165) is 0 Å². The Kier molecular flexibility index (Phi) is 3.52. The molecule has 7 nitrogen and oxygen atoms in total. The molecule has 0 radical (unpaired) electrons. The molecule has 1 aliphatic rings. The molecule has 3 rings (SSSR count). The van der Waals surface area contributed by atoms with Crippen LogP contribution in [-0.2, 0) is 16.2 Å². The molecule has 2 aromatic rings. The van der Waals surface area contributed by atoms with Crippen molar-refractivity contribution < 1.29 is 19.1 Å². The van der Waals surface area contributed by atoms with Crippen LogP contribution in [0.2, 0.25) is 0 Å². The molecule has 1 aromatic heterocycles. The van der Waals surface area contributed by atoms with Gasteiger partial charge in [0, 0.05) is 13.0 Å². The minimum atomic E-state index is -0.608. The summed E-state index contributed by atoms with van der Waals surface area (Å²) in [6.45, 7) is 0.485. The van der Waals surface area contributed by atoms with E-state index in [2.05, 4.69) is 0 Å². The Hall–Kier alpha value is -2.12. The number of oxazole rings is 1. The van der Waals surface area contributed by atoms with Crippen molar-refractivity contribution in [3.63, 3.8) is 0 Å². The molecule has 0 bridgehead atoms. The maximum Gasteiger partial charge on any atom is 0.421 e. The number of fused-ring (bicyclic) bond motifs is 1. The molecular formula is C14H16N2O5. The van der Waals surface area contributed by atoms with Crippen molar-refractivity contribution in [1.29, 1.82) is 0 Å². The van der Waals surface area contributed by atoms with Gasteiger partial charge in [0.2, 0.25) is 0 Å². The third-order valence-corrected chi connectivity index (χ3v) is 3.75. The lowest BCUT2D eigenvalue weighted by atomic mass is 10.2. The molecule has 21 heavy (non-hydrogen) atoms. The zero-order valence-corrected chi connectivity index (χ0v) is 11.6. The second kappa shape index (κ2) is 5.34. The van der Waals surface area contributed by atoms with Crippen LogP contribution in [-0.4, -0.2) is 46.3 Å². The van der Waals surface area contributed by atoms with E-state index >= 15 is 0 Å². The maximum atomic E-state index is 11.9. The molecular weight excluding hydrogens is 276 g/mol. The molecule has 0 aliphatic carbocycles. The van der Waals surface area contributed by atoms with E-state index in [1.165, 1.54) is 11.7 Å². The number of para-hydroxylation sites is 2. The topological polar surface area (TPSA) is 84.9 Å². The molecule has 0 saturated carbocycles. The lowest BCUT2D eigenvalue weighted by molar-refractivity contribution is -0.146. The average molecular weight is 292 g/mol. The Balaban J connectivity index is 1.92. The van der Waals surface area contributed by atoms with Crippen molar-refractivity contribution in [2.45, 2.75) is 25.2 Å². The summed E-state index contributed by atoms with van der Waals surface area (Å²) in [6.07, 6.45) is -0.306. The fourth-order valence-electron chi connectivity index (χ4n) is 2.75. The van der Waals surface area contributed by atoms with Crippen molar-refractivity contribution in [2.24, 2.45) is 0 Å². The lowest BCUT2D eigenvalue weighted by Gasteiger charge is -2.21. The number of ether oxygens (including phenoxy) is 1. The van der Waals surface area contributed by atoms with Gasteiger partial charge in [-0.15, -0.1) is 0 Å². The van der Waals surface area contributed by atoms with Crippen molar-refractivity contribution in [3.05, 3.63) is 34.8 Å². The number of esters is 1. The Bertz CT molecular complexity index is 719. The number of methoxy groups -OCH3 is 1. The number of aromatic nitrogens is 1. The van der Waals surface area contributed by atoms with E-state index in [-0.39, 0.29) is 6.67 Å². The summed E-state index contributed by atoms with van der Waals surface area (Å²) in [5.74, 6) is -0.895. The van der Waals surface area contributed by atoms with Crippen molar-refractivity contribution in [2.75, 3.05) is 13.7 Å². The summed E-state index contributed by atoms with van der Waals surface area (Å²) in [7, 11) is 1.31. The Morgan fingerprint density at radius 1 is 1.48 bits per heavy atom. The fraction of sp³-hybridized carbons (Fsp3) is 0.429. The highest BCUT2D eigenvalue weighted by atomic mass is 16.5. The molecule has 0 spiro atoms. The molecule has 2 heterocycles. The first-order chi connectivity index (χ1) is 10.1. The zero-order valence-electron chi connectivity index (χ0n) is 11.6. The Labute approximate surface area is 120 Å². The molecule has 0 amide bonds. The highest BCUT2D eigenvalue weighted by Gasteiger charge is 2.37. The van der Waals surface area contributed by atoms with Crippen LogP contribution in [0.25, 0.3) is 11.1 Å². The SMILES string of the molecule is COC(=O)[C@@H]1C[C@H](O)CN1Cn1c(=O)oc2ccccc21. The number of β-amino-alcohol motifs (C(OH)–C–C–N with tert-alkyl or cyclic N) is 1. The first kappa shape index (κ1) is 13.8. The first-order valence-electron chi connectivity index (χ1n) is 6.68. The summed E-state index contributed by atoms with van der Waals surface area (Å²) >= 11 is 0. The van der Waals surface area contributed by atoms with E-state index in [0.29, 0.717) is 24.1 Å².